The first-order valence-corrected chi connectivity index (χ1v) is 12.5. The fraction of sp³-hybridized carbons (Fsp3) is 0.429. The lowest BCUT2D eigenvalue weighted by atomic mass is 9.89. The summed E-state index contributed by atoms with van der Waals surface area (Å²) >= 11 is 0. The van der Waals surface area contributed by atoms with Crippen LogP contribution in [0.2, 0.25) is 0 Å². The fourth-order valence-electron chi connectivity index (χ4n) is 4.89. The topological polar surface area (TPSA) is 96.9 Å². The molecule has 36 heavy (non-hydrogen) atoms. The molecule has 2 N–H and O–H groups in total. The normalized spacial score (nSPS) is 21.4. The minimum Gasteiger partial charge on any atom is -0.444 e. The number of quaternary nitrogens is 1. The first kappa shape index (κ1) is 25.6. The Balaban J connectivity index is 1.70. The maximum Gasteiger partial charge on any atom is 0.430 e. The van der Waals surface area contributed by atoms with Gasteiger partial charge in [0.25, 0.3) is 0 Å². The van der Waals surface area contributed by atoms with E-state index in [0.29, 0.717) is 24.2 Å². The molecule has 2 aromatic carbocycles. The van der Waals surface area contributed by atoms with E-state index < -0.39 is 27.9 Å². The third-order valence-corrected chi connectivity index (χ3v) is 6.76. The third kappa shape index (κ3) is 5.18. The van der Waals surface area contributed by atoms with Gasteiger partial charge in [0.05, 0.1) is 18.3 Å². The fourth-order valence-corrected chi connectivity index (χ4v) is 4.89. The van der Waals surface area contributed by atoms with Gasteiger partial charge < -0.3 is 4.74 Å². The van der Waals surface area contributed by atoms with E-state index in [1.165, 1.54) is 0 Å². The number of aliphatic imine (C=N–C) groups is 1. The average Bonchev–Trinajstić information content (AvgIpc) is 2.94. The zero-order valence-electron chi connectivity index (χ0n) is 21.5. The monoisotopic (exact) mass is 491 g/mol. The van der Waals surface area contributed by atoms with Gasteiger partial charge in [-0.3, -0.25) is 15.6 Å². The summed E-state index contributed by atoms with van der Waals surface area (Å²) in [5, 5.41) is 5.98. The Labute approximate surface area is 212 Å². The molecule has 0 saturated heterocycles. The molecule has 0 radical (unpaired) electrons. The van der Waals surface area contributed by atoms with E-state index in [2.05, 4.69) is 15.6 Å². The van der Waals surface area contributed by atoms with Gasteiger partial charge in [0.2, 0.25) is 0 Å². The number of carbonyl (C=O) groups is 3. The van der Waals surface area contributed by atoms with E-state index in [-0.39, 0.29) is 12.5 Å². The molecule has 0 unspecified atom stereocenters. The van der Waals surface area contributed by atoms with Gasteiger partial charge in [0.15, 0.2) is 12.2 Å². The molecule has 1 aliphatic heterocycles. The van der Waals surface area contributed by atoms with Gasteiger partial charge in [-0.15, -0.1) is 4.48 Å². The van der Waals surface area contributed by atoms with Crippen LogP contribution in [-0.2, 0) is 9.53 Å². The number of hydrogen-bond donors (Lipinski definition) is 2. The number of alkyl carbamates (subject to hydrolysis) is 1. The Morgan fingerprint density at radius 2 is 1.58 bits per heavy atom. The molecule has 1 fully saturated rings. The van der Waals surface area contributed by atoms with Crippen LogP contribution in [0.25, 0.3) is 0 Å². The van der Waals surface area contributed by atoms with Crippen molar-refractivity contribution in [3.8, 4) is 0 Å². The van der Waals surface area contributed by atoms with E-state index >= 15 is 0 Å². The summed E-state index contributed by atoms with van der Waals surface area (Å²) in [5.41, 5.74) is 1.15. The van der Waals surface area contributed by atoms with Gasteiger partial charge >= 0.3 is 18.0 Å². The highest BCUT2D eigenvalue weighted by molar-refractivity contribution is 6.22. The lowest BCUT2D eigenvalue weighted by Crippen LogP contribution is -2.69. The van der Waals surface area contributed by atoms with E-state index in [1.54, 1.807) is 33.9 Å². The number of ether oxygens (including phenoxy) is 1. The molecule has 0 bridgehead atoms. The number of hydrogen-bond acceptors (Lipinski definition) is 5. The Hall–Kier alpha value is -3.52. The van der Waals surface area contributed by atoms with Crippen LogP contribution in [0, 0.1) is 0 Å². The number of nitrogens with zero attached hydrogens (tertiary/aromatic N) is 2. The van der Waals surface area contributed by atoms with Gasteiger partial charge in [-0.25, -0.2) is 14.4 Å². The van der Waals surface area contributed by atoms with Crippen molar-refractivity contribution in [3.05, 3.63) is 65.7 Å². The van der Waals surface area contributed by atoms with E-state index in [1.807, 2.05) is 48.5 Å². The summed E-state index contributed by atoms with van der Waals surface area (Å²) in [6.07, 6.45) is 3.20. The smallest absolute Gasteiger partial charge is 0.430 e. The summed E-state index contributed by atoms with van der Waals surface area (Å²) in [4.78, 5) is 44.9. The average molecular weight is 492 g/mol. The van der Waals surface area contributed by atoms with Crippen molar-refractivity contribution < 1.29 is 19.1 Å². The van der Waals surface area contributed by atoms with Crippen LogP contribution >= 0.6 is 0 Å². The zero-order chi connectivity index (χ0) is 26.0. The number of fused-ring (bicyclic) bond motifs is 1. The summed E-state index contributed by atoms with van der Waals surface area (Å²) in [5.74, 6) is -0.353. The minimum atomic E-state index is -0.996. The number of urea groups is 1. The SMILES string of the molecule is CC(C)(C)OC(=O)NC1(NC(=O)[N@@+]2(C)C(=O)CN=C(c3ccccc3)c3ccccc32)CCCCC1. The largest absolute Gasteiger partial charge is 0.444 e. The zero-order valence-corrected chi connectivity index (χ0v) is 21.5. The van der Waals surface area contributed by atoms with Crippen LogP contribution in [0.5, 0.6) is 0 Å². The number of para-hydroxylation sites is 1. The van der Waals surface area contributed by atoms with Crippen LogP contribution in [0.1, 0.15) is 64.0 Å². The molecular formula is C28H35N4O4+. The highest BCUT2D eigenvalue weighted by Gasteiger charge is 2.50. The summed E-state index contributed by atoms with van der Waals surface area (Å²) in [6, 6.07) is 16.5. The van der Waals surface area contributed by atoms with Gasteiger partial charge in [0, 0.05) is 11.6 Å². The minimum absolute atomic E-state index is 0.144. The maximum atomic E-state index is 14.0. The number of rotatable bonds is 3. The molecule has 190 valence electrons. The molecule has 1 atom stereocenters. The van der Waals surface area contributed by atoms with Crippen LogP contribution in [0.15, 0.2) is 59.6 Å². The standard InChI is InChI=1S/C28H34N4O4/c1-27(2,3)36-26(35)31-28(17-11-6-12-18-28)30-25(34)32(4)22-16-10-9-15-21(22)24(29-19-23(32)33)20-13-7-5-8-14-20/h5,7-10,13-16H,6,11-12,17-19H2,1-4H3,(H-,30,31,34,35)/p+1/t32-/m1/s1. The van der Waals surface area contributed by atoms with E-state index in [0.717, 1.165) is 30.4 Å². The maximum absolute atomic E-state index is 14.0. The number of benzene rings is 2. The molecule has 1 heterocycles. The van der Waals surface area contributed by atoms with E-state index in [9.17, 15) is 14.4 Å². The highest BCUT2D eigenvalue weighted by atomic mass is 16.6. The van der Waals surface area contributed by atoms with Crippen LogP contribution < -0.4 is 15.1 Å². The third-order valence-electron chi connectivity index (χ3n) is 6.76. The van der Waals surface area contributed by atoms with Crippen molar-refractivity contribution in [1.82, 2.24) is 15.1 Å². The predicted molar refractivity (Wildman–Crippen MR) is 140 cm³/mol. The number of benzodiazepines with no additional fused rings is 1. The highest BCUT2D eigenvalue weighted by Crippen LogP contribution is 2.33. The van der Waals surface area contributed by atoms with Crippen molar-refractivity contribution in [2.45, 2.75) is 64.1 Å². The Morgan fingerprint density at radius 1 is 0.944 bits per heavy atom. The van der Waals surface area contributed by atoms with Crippen molar-refractivity contribution in [2.24, 2.45) is 4.99 Å². The number of imide groups is 1. The van der Waals surface area contributed by atoms with Crippen LogP contribution in [-0.4, -0.2) is 48.6 Å². The number of carbonyl (C=O) groups excluding carboxylic acids is 3. The molecular weight excluding hydrogens is 456 g/mol. The van der Waals surface area contributed by atoms with Crippen LogP contribution in [0.4, 0.5) is 15.3 Å². The first-order chi connectivity index (χ1) is 17.0. The van der Waals surface area contributed by atoms with Gasteiger partial charge in [-0.2, -0.15) is 0 Å². The molecule has 2 aromatic rings. The van der Waals surface area contributed by atoms with Crippen molar-refractivity contribution in [2.75, 3.05) is 13.6 Å². The van der Waals surface area contributed by atoms with Gasteiger partial charge in [-0.05, 0) is 52.5 Å². The molecule has 4 amide bonds. The van der Waals surface area contributed by atoms with Gasteiger partial charge in [0.1, 0.15) is 11.3 Å². The molecule has 0 aromatic heterocycles. The Bertz CT molecular complexity index is 1180. The predicted octanol–water partition coefficient (Wildman–Crippen LogP) is 4.90. The number of amides is 4. The summed E-state index contributed by atoms with van der Waals surface area (Å²) < 4.78 is 4.88. The molecule has 1 saturated carbocycles. The number of nitrogens with one attached hydrogen (secondary N) is 2. The second-order valence-electron chi connectivity index (χ2n) is 10.6. The Morgan fingerprint density at radius 3 is 2.25 bits per heavy atom. The van der Waals surface area contributed by atoms with Gasteiger partial charge in [-0.1, -0.05) is 48.9 Å². The lowest BCUT2D eigenvalue weighted by Gasteiger charge is -2.40. The summed E-state index contributed by atoms with van der Waals surface area (Å²) in [6.45, 7) is 5.24. The quantitative estimate of drug-likeness (QED) is 0.472. The van der Waals surface area contributed by atoms with Crippen molar-refractivity contribution in [3.63, 3.8) is 0 Å². The van der Waals surface area contributed by atoms with Crippen LogP contribution in [0.3, 0.4) is 0 Å². The van der Waals surface area contributed by atoms with Crippen molar-refractivity contribution in [1.29, 1.82) is 0 Å². The van der Waals surface area contributed by atoms with Crippen molar-refractivity contribution >= 4 is 29.4 Å². The summed E-state index contributed by atoms with van der Waals surface area (Å²) in [7, 11) is 1.60. The second-order valence-corrected chi connectivity index (χ2v) is 10.6. The molecule has 8 nitrogen and oxygen atoms in total. The molecule has 2 aliphatic rings. The second kappa shape index (κ2) is 9.85. The molecule has 4 rings (SSSR count). The first-order valence-electron chi connectivity index (χ1n) is 12.5. The number of likely N-dealkylation sites (N-methyl/N-ethyl adjacent to an activating group) is 1. The lowest BCUT2D eigenvalue weighted by molar-refractivity contribution is -0.125. The molecule has 1 aliphatic carbocycles. The molecule has 8 heteroatoms. The van der Waals surface area contributed by atoms with E-state index in [4.69, 9.17) is 4.74 Å². The molecule has 0 spiro atoms. The Kier molecular flexibility index (Phi) is 7.00.